The molecule has 0 unspecified atom stereocenters. The lowest BCUT2D eigenvalue weighted by Crippen LogP contribution is -2.42. The summed E-state index contributed by atoms with van der Waals surface area (Å²) >= 11 is 0. The van der Waals surface area contributed by atoms with E-state index in [0.29, 0.717) is 12.5 Å². The molecule has 0 radical (unpaired) electrons. The van der Waals surface area contributed by atoms with E-state index >= 15 is 0 Å². The monoisotopic (exact) mass is 449 g/mol. The first-order chi connectivity index (χ1) is 11.1. The van der Waals surface area contributed by atoms with E-state index in [4.69, 9.17) is 4.74 Å². The molecular formula is C18H29FIN3O. The summed E-state index contributed by atoms with van der Waals surface area (Å²) in [7, 11) is 1.76. The summed E-state index contributed by atoms with van der Waals surface area (Å²) in [4.78, 5) is 4.23. The van der Waals surface area contributed by atoms with Crippen molar-refractivity contribution in [3.63, 3.8) is 0 Å². The fraction of sp³-hybridized carbons (Fsp3) is 0.611. The van der Waals surface area contributed by atoms with Gasteiger partial charge in [-0.2, -0.15) is 0 Å². The molecule has 1 saturated carbocycles. The zero-order valence-electron chi connectivity index (χ0n) is 14.8. The number of nitrogens with zero attached hydrogens (tertiary/aromatic N) is 1. The van der Waals surface area contributed by atoms with Gasteiger partial charge in [-0.05, 0) is 36.5 Å². The van der Waals surface area contributed by atoms with Crippen molar-refractivity contribution < 1.29 is 9.13 Å². The first-order valence-corrected chi connectivity index (χ1v) is 8.34. The van der Waals surface area contributed by atoms with E-state index < -0.39 is 0 Å². The fourth-order valence-corrected chi connectivity index (χ4v) is 2.57. The smallest absolute Gasteiger partial charge is 0.191 e. The van der Waals surface area contributed by atoms with Gasteiger partial charge >= 0.3 is 0 Å². The Labute approximate surface area is 161 Å². The first kappa shape index (κ1) is 21.2. The highest BCUT2D eigenvalue weighted by molar-refractivity contribution is 14.0. The number of hydrogen-bond donors (Lipinski definition) is 2. The molecule has 6 heteroatoms. The number of aliphatic imine (C=N–C) groups is 1. The molecule has 1 aliphatic rings. The third-order valence-corrected chi connectivity index (χ3v) is 4.10. The molecule has 0 bridgehead atoms. The maximum Gasteiger partial charge on any atom is 0.191 e. The van der Waals surface area contributed by atoms with Crippen LogP contribution in [0.25, 0.3) is 0 Å². The van der Waals surface area contributed by atoms with Gasteiger partial charge in [-0.3, -0.25) is 4.99 Å². The highest BCUT2D eigenvalue weighted by atomic mass is 127. The minimum Gasteiger partial charge on any atom is -0.379 e. The SMILES string of the molecule is CN=C(NCCOCC(C)C)NCC1(c2cccc(F)c2)CC1.I. The second-order valence-corrected chi connectivity index (χ2v) is 6.61. The summed E-state index contributed by atoms with van der Waals surface area (Å²) in [5.41, 5.74) is 1.12. The second kappa shape index (κ2) is 10.2. The zero-order chi connectivity index (χ0) is 16.7. The van der Waals surface area contributed by atoms with Gasteiger partial charge in [0.2, 0.25) is 0 Å². The average Bonchev–Trinajstić information content (AvgIpc) is 3.31. The summed E-state index contributed by atoms with van der Waals surface area (Å²) < 4.78 is 19.0. The molecule has 0 heterocycles. The lowest BCUT2D eigenvalue weighted by atomic mass is 9.96. The predicted octanol–water partition coefficient (Wildman–Crippen LogP) is 3.31. The summed E-state index contributed by atoms with van der Waals surface area (Å²) in [5.74, 6) is 1.15. The van der Waals surface area contributed by atoms with Gasteiger partial charge in [0.25, 0.3) is 0 Å². The van der Waals surface area contributed by atoms with Crippen molar-refractivity contribution in [1.29, 1.82) is 0 Å². The van der Waals surface area contributed by atoms with Crippen LogP contribution in [-0.4, -0.2) is 39.3 Å². The van der Waals surface area contributed by atoms with Crippen LogP contribution < -0.4 is 10.6 Å². The van der Waals surface area contributed by atoms with Crippen molar-refractivity contribution in [2.45, 2.75) is 32.1 Å². The van der Waals surface area contributed by atoms with Crippen LogP contribution in [0.2, 0.25) is 0 Å². The van der Waals surface area contributed by atoms with Crippen molar-refractivity contribution in [3.8, 4) is 0 Å². The van der Waals surface area contributed by atoms with Gasteiger partial charge in [0.05, 0.1) is 6.61 Å². The van der Waals surface area contributed by atoms with Crippen LogP contribution in [0, 0.1) is 11.7 Å². The topological polar surface area (TPSA) is 45.7 Å². The lowest BCUT2D eigenvalue weighted by molar-refractivity contribution is 0.114. The van der Waals surface area contributed by atoms with Crippen LogP contribution in [-0.2, 0) is 10.2 Å². The summed E-state index contributed by atoms with van der Waals surface area (Å²) in [6.45, 7) is 7.19. The molecule has 2 rings (SSSR count). The Morgan fingerprint density at radius 3 is 2.67 bits per heavy atom. The number of guanidine groups is 1. The molecule has 0 aromatic heterocycles. The molecule has 0 amide bonds. The Bertz CT molecular complexity index is 533. The van der Waals surface area contributed by atoms with Crippen molar-refractivity contribution in [3.05, 3.63) is 35.6 Å². The van der Waals surface area contributed by atoms with Gasteiger partial charge in [-0.15, -0.1) is 24.0 Å². The maximum absolute atomic E-state index is 13.4. The summed E-state index contributed by atoms with van der Waals surface area (Å²) in [6.07, 6.45) is 2.16. The molecule has 1 fully saturated rings. The highest BCUT2D eigenvalue weighted by Crippen LogP contribution is 2.47. The van der Waals surface area contributed by atoms with Crippen molar-refractivity contribution in [1.82, 2.24) is 10.6 Å². The van der Waals surface area contributed by atoms with Gasteiger partial charge < -0.3 is 15.4 Å². The Morgan fingerprint density at radius 1 is 1.33 bits per heavy atom. The molecule has 1 aromatic carbocycles. The van der Waals surface area contributed by atoms with Crippen molar-refractivity contribution >= 4 is 29.9 Å². The summed E-state index contributed by atoms with van der Waals surface area (Å²) in [5, 5.41) is 6.60. The number of ether oxygens (including phenoxy) is 1. The molecule has 2 N–H and O–H groups in total. The van der Waals surface area contributed by atoms with E-state index in [1.807, 2.05) is 6.07 Å². The standard InChI is InChI=1S/C18H28FN3O.HI/c1-14(2)12-23-10-9-21-17(20-3)22-13-18(7-8-18)15-5-4-6-16(19)11-15;/h4-6,11,14H,7-10,12-13H2,1-3H3,(H2,20,21,22);1H. The number of halogens is 2. The van der Waals surface area contributed by atoms with Crippen LogP contribution in [0.15, 0.2) is 29.3 Å². The number of nitrogens with one attached hydrogen (secondary N) is 2. The van der Waals surface area contributed by atoms with E-state index in [1.54, 1.807) is 19.2 Å². The zero-order valence-corrected chi connectivity index (χ0v) is 17.1. The quantitative estimate of drug-likeness (QED) is 0.277. The van der Waals surface area contributed by atoms with Gasteiger partial charge in [0, 0.05) is 32.2 Å². The third-order valence-electron chi connectivity index (χ3n) is 4.10. The second-order valence-electron chi connectivity index (χ2n) is 6.61. The number of benzene rings is 1. The maximum atomic E-state index is 13.4. The largest absolute Gasteiger partial charge is 0.379 e. The molecule has 0 aliphatic heterocycles. The minimum absolute atomic E-state index is 0. The van der Waals surface area contributed by atoms with Gasteiger partial charge in [0.15, 0.2) is 5.96 Å². The molecule has 0 atom stereocenters. The van der Waals surface area contributed by atoms with Gasteiger partial charge in [-0.25, -0.2) is 4.39 Å². The third kappa shape index (κ3) is 6.55. The molecule has 24 heavy (non-hydrogen) atoms. The van der Waals surface area contributed by atoms with Gasteiger partial charge in [-0.1, -0.05) is 26.0 Å². The highest BCUT2D eigenvalue weighted by Gasteiger charge is 2.44. The van der Waals surface area contributed by atoms with E-state index in [9.17, 15) is 4.39 Å². The van der Waals surface area contributed by atoms with E-state index in [2.05, 4.69) is 29.5 Å². The molecule has 0 spiro atoms. The Kier molecular flexibility index (Phi) is 8.97. The molecule has 0 saturated heterocycles. The van der Waals surface area contributed by atoms with Gasteiger partial charge in [0.1, 0.15) is 5.82 Å². The van der Waals surface area contributed by atoms with Crippen LogP contribution >= 0.6 is 24.0 Å². The van der Waals surface area contributed by atoms with E-state index in [-0.39, 0.29) is 35.2 Å². The van der Waals surface area contributed by atoms with Crippen LogP contribution in [0.3, 0.4) is 0 Å². The Hall–Kier alpha value is -0.890. The van der Waals surface area contributed by atoms with E-state index in [0.717, 1.165) is 44.1 Å². The average molecular weight is 449 g/mol. The number of hydrogen-bond acceptors (Lipinski definition) is 2. The molecular weight excluding hydrogens is 420 g/mol. The van der Waals surface area contributed by atoms with E-state index in [1.165, 1.54) is 6.07 Å². The first-order valence-electron chi connectivity index (χ1n) is 8.34. The van der Waals surface area contributed by atoms with Crippen LogP contribution in [0.4, 0.5) is 4.39 Å². The fourth-order valence-electron chi connectivity index (χ4n) is 2.57. The molecule has 1 aromatic rings. The van der Waals surface area contributed by atoms with Crippen molar-refractivity contribution in [2.24, 2.45) is 10.9 Å². The normalized spacial score (nSPS) is 15.8. The van der Waals surface area contributed by atoms with Crippen LogP contribution in [0.5, 0.6) is 0 Å². The molecule has 4 nitrogen and oxygen atoms in total. The molecule has 1 aliphatic carbocycles. The minimum atomic E-state index is -0.168. The van der Waals surface area contributed by atoms with Crippen molar-refractivity contribution in [2.75, 3.05) is 33.4 Å². The van der Waals surface area contributed by atoms with Crippen LogP contribution in [0.1, 0.15) is 32.3 Å². The number of rotatable bonds is 8. The lowest BCUT2D eigenvalue weighted by Gasteiger charge is -2.19. The predicted molar refractivity (Wildman–Crippen MR) is 108 cm³/mol. The Morgan fingerprint density at radius 2 is 2.08 bits per heavy atom. The summed E-state index contributed by atoms with van der Waals surface area (Å²) in [6, 6.07) is 6.92. The Balaban J connectivity index is 0.00000288. The molecule has 136 valence electrons.